The molecule has 0 aliphatic carbocycles. The molecule has 1 heterocycles. The molecular weight excluding hydrogens is 420 g/mol. The molecule has 0 spiro atoms. The molecule has 2 aromatic carbocycles. The number of anilines is 1. The summed E-state index contributed by atoms with van der Waals surface area (Å²) in [5.74, 6) is 1.10. The van der Waals surface area contributed by atoms with E-state index in [0.29, 0.717) is 23.7 Å². The van der Waals surface area contributed by atoms with Gasteiger partial charge in [-0.05, 0) is 29.8 Å². The Morgan fingerprint density at radius 2 is 1.89 bits per heavy atom. The van der Waals surface area contributed by atoms with Gasteiger partial charge in [-0.1, -0.05) is 53.7 Å². The second-order valence-corrected chi connectivity index (χ2v) is 8.75. The lowest BCUT2D eigenvalue weighted by atomic mass is 10.2. The number of hydrogen-bond acceptors (Lipinski definition) is 6. The van der Waals surface area contributed by atoms with Gasteiger partial charge < -0.3 is 9.73 Å². The van der Waals surface area contributed by atoms with Crippen LogP contribution in [0.15, 0.2) is 70.2 Å². The maximum Gasteiger partial charge on any atom is 0.239 e. The third kappa shape index (κ3) is 5.17. The van der Waals surface area contributed by atoms with Gasteiger partial charge in [-0.2, -0.15) is 0 Å². The smallest absolute Gasteiger partial charge is 0.239 e. The van der Waals surface area contributed by atoms with Crippen molar-refractivity contribution in [2.45, 2.75) is 17.2 Å². The molecule has 6 nitrogen and oxygen atoms in total. The Labute approximate surface area is 172 Å². The van der Waals surface area contributed by atoms with Crippen LogP contribution in [0.25, 0.3) is 0 Å². The predicted molar refractivity (Wildman–Crippen MR) is 111 cm³/mol. The highest BCUT2D eigenvalue weighted by Gasteiger charge is 2.21. The fraction of sp³-hybridized carbons (Fsp3) is 0.105. The van der Waals surface area contributed by atoms with E-state index in [1.54, 1.807) is 12.1 Å². The first-order valence-corrected chi connectivity index (χ1v) is 11.1. The largest absolute Gasteiger partial charge is 0.467 e. The number of carbonyl (C=O) groups is 1. The minimum Gasteiger partial charge on any atom is -0.467 e. The molecule has 0 saturated carbocycles. The molecule has 1 aromatic heterocycles. The summed E-state index contributed by atoms with van der Waals surface area (Å²) >= 11 is 7.15. The zero-order valence-corrected chi connectivity index (χ0v) is 17.0. The lowest BCUT2D eigenvalue weighted by molar-refractivity contribution is 0.108. The second kappa shape index (κ2) is 8.83. The SMILES string of the molecule is NS(=O)(=O)c1cc(C(=O)SCc2ccccc2)c(NCc2ccco2)cc1Cl. The molecule has 9 heteroatoms. The highest BCUT2D eigenvalue weighted by Crippen LogP contribution is 2.32. The molecule has 146 valence electrons. The van der Waals surface area contributed by atoms with Crippen LogP contribution in [0.1, 0.15) is 21.7 Å². The van der Waals surface area contributed by atoms with Crippen molar-refractivity contribution in [1.82, 2.24) is 0 Å². The molecule has 0 saturated heterocycles. The van der Waals surface area contributed by atoms with Crippen molar-refractivity contribution in [1.29, 1.82) is 0 Å². The van der Waals surface area contributed by atoms with Gasteiger partial charge in [0.1, 0.15) is 10.7 Å². The summed E-state index contributed by atoms with van der Waals surface area (Å²) in [6.45, 7) is 0.307. The van der Waals surface area contributed by atoms with Crippen LogP contribution in [0.3, 0.4) is 0 Å². The van der Waals surface area contributed by atoms with Crippen molar-refractivity contribution >= 4 is 44.2 Å². The first-order valence-electron chi connectivity index (χ1n) is 8.18. The van der Waals surface area contributed by atoms with E-state index in [4.69, 9.17) is 21.2 Å². The number of carbonyl (C=O) groups excluding carboxylic acids is 1. The average Bonchev–Trinajstić information content (AvgIpc) is 3.18. The van der Waals surface area contributed by atoms with E-state index in [2.05, 4.69) is 5.32 Å². The summed E-state index contributed by atoms with van der Waals surface area (Å²) in [6, 6.07) is 15.6. The summed E-state index contributed by atoms with van der Waals surface area (Å²) < 4.78 is 28.9. The van der Waals surface area contributed by atoms with Crippen LogP contribution in [0, 0.1) is 0 Å². The Morgan fingerprint density at radius 3 is 2.54 bits per heavy atom. The highest BCUT2D eigenvalue weighted by molar-refractivity contribution is 8.13. The van der Waals surface area contributed by atoms with Crippen molar-refractivity contribution in [2.75, 3.05) is 5.32 Å². The molecule has 0 fully saturated rings. The van der Waals surface area contributed by atoms with Gasteiger partial charge in [0.15, 0.2) is 0 Å². The number of sulfonamides is 1. The predicted octanol–water partition coefficient (Wildman–Crippen LogP) is 4.27. The second-order valence-electron chi connectivity index (χ2n) is 5.87. The summed E-state index contributed by atoms with van der Waals surface area (Å²) in [4.78, 5) is 12.5. The van der Waals surface area contributed by atoms with Gasteiger partial charge in [0.05, 0.1) is 23.4 Å². The van der Waals surface area contributed by atoms with Crippen molar-refractivity contribution < 1.29 is 17.6 Å². The van der Waals surface area contributed by atoms with Gasteiger partial charge in [-0.15, -0.1) is 0 Å². The van der Waals surface area contributed by atoms with Crippen LogP contribution in [-0.4, -0.2) is 13.5 Å². The molecular formula is C19H17ClN2O4S2. The molecule has 0 radical (unpaired) electrons. The minimum absolute atomic E-state index is 0.0611. The van der Waals surface area contributed by atoms with Crippen LogP contribution < -0.4 is 10.5 Å². The zero-order valence-electron chi connectivity index (χ0n) is 14.6. The molecule has 0 bridgehead atoms. The lowest BCUT2D eigenvalue weighted by Crippen LogP contribution is -2.15. The normalized spacial score (nSPS) is 11.4. The van der Waals surface area contributed by atoms with Crippen LogP contribution in [-0.2, 0) is 22.3 Å². The monoisotopic (exact) mass is 436 g/mol. The van der Waals surface area contributed by atoms with Crippen molar-refractivity contribution in [3.63, 3.8) is 0 Å². The van der Waals surface area contributed by atoms with Gasteiger partial charge >= 0.3 is 0 Å². The van der Waals surface area contributed by atoms with Crippen molar-refractivity contribution in [2.24, 2.45) is 5.14 Å². The number of primary sulfonamides is 1. The van der Waals surface area contributed by atoms with Crippen LogP contribution in [0.4, 0.5) is 5.69 Å². The Bertz CT molecular complexity index is 1070. The van der Waals surface area contributed by atoms with Gasteiger partial charge in [-0.3, -0.25) is 4.79 Å². The molecule has 0 amide bonds. The summed E-state index contributed by atoms with van der Waals surface area (Å²) in [6.07, 6.45) is 1.54. The van der Waals surface area contributed by atoms with Crippen molar-refractivity contribution in [3.8, 4) is 0 Å². The van der Waals surface area contributed by atoms with Crippen LogP contribution in [0.2, 0.25) is 5.02 Å². The topological polar surface area (TPSA) is 102 Å². The number of benzene rings is 2. The Kier molecular flexibility index (Phi) is 6.46. The molecule has 0 unspecified atom stereocenters. The number of hydrogen-bond donors (Lipinski definition) is 2. The number of furan rings is 1. The third-order valence-electron chi connectivity index (χ3n) is 3.84. The Morgan fingerprint density at radius 1 is 1.14 bits per heavy atom. The van der Waals surface area contributed by atoms with Gasteiger partial charge in [0.25, 0.3) is 0 Å². The first-order chi connectivity index (χ1) is 13.3. The molecule has 28 heavy (non-hydrogen) atoms. The number of nitrogens with two attached hydrogens (primary N) is 1. The number of rotatable bonds is 7. The third-order valence-corrected chi connectivity index (χ3v) is 6.18. The van der Waals surface area contributed by atoms with Crippen LogP contribution >= 0.6 is 23.4 Å². The van der Waals surface area contributed by atoms with Gasteiger partial charge in [0.2, 0.25) is 15.1 Å². The molecule has 3 N–H and O–H groups in total. The van der Waals surface area contributed by atoms with Gasteiger partial charge in [0, 0.05) is 11.4 Å². The number of halogens is 1. The molecule has 3 rings (SSSR count). The maximum absolute atomic E-state index is 12.8. The fourth-order valence-corrected chi connectivity index (χ4v) is 4.40. The van der Waals surface area contributed by atoms with E-state index < -0.39 is 10.0 Å². The standard InChI is InChI=1S/C19H17ClN2O4S2/c20-16-10-17(22-11-14-7-4-8-26-14)15(9-18(16)28(21,24)25)19(23)27-12-13-5-2-1-3-6-13/h1-10,22H,11-12H2,(H2,21,24,25). The minimum atomic E-state index is -4.07. The number of thioether (sulfide) groups is 1. The van der Waals surface area contributed by atoms with E-state index >= 15 is 0 Å². The molecule has 0 aliphatic rings. The Hall–Kier alpha value is -2.26. The van der Waals surface area contributed by atoms with Gasteiger partial charge in [-0.25, -0.2) is 13.6 Å². The summed E-state index contributed by atoms with van der Waals surface area (Å²) in [5, 5.41) is 7.93. The van der Waals surface area contributed by atoms with Crippen LogP contribution in [0.5, 0.6) is 0 Å². The van der Waals surface area contributed by atoms with E-state index in [-0.39, 0.29) is 20.6 Å². The first kappa shape index (κ1) is 20.5. The van der Waals surface area contributed by atoms with E-state index in [0.717, 1.165) is 17.3 Å². The zero-order chi connectivity index (χ0) is 20.1. The maximum atomic E-state index is 12.8. The summed E-state index contributed by atoms with van der Waals surface area (Å²) in [5.41, 5.74) is 1.56. The fourth-order valence-electron chi connectivity index (χ4n) is 2.48. The molecule has 3 aromatic rings. The van der Waals surface area contributed by atoms with E-state index in [1.165, 1.54) is 18.4 Å². The average molecular weight is 437 g/mol. The highest BCUT2D eigenvalue weighted by atomic mass is 35.5. The number of nitrogens with one attached hydrogen (secondary N) is 1. The molecule has 0 aliphatic heterocycles. The quantitative estimate of drug-likeness (QED) is 0.573. The molecule has 0 atom stereocenters. The summed E-state index contributed by atoms with van der Waals surface area (Å²) in [7, 11) is -4.07. The lowest BCUT2D eigenvalue weighted by Gasteiger charge is -2.13. The van der Waals surface area contributed by atoms with E-state index in [9.17, 15) is 13.2 Å². The Balaban J connectivity index is 1.89. The van der Waals surface area contributed by atoms with Crippen molar-refractivity contribution in [3.05, 3.63) is 82.8 Å². The van der Waals surface area contributed by atoms with E-state index in [1.807, 2.05) is 30.3 Å².